The van der Waals surface area contributed by atoms with E-state index in [0.29, 0.717) is 0 Å². The average Bonchev–Trinajstić information content (AvgIpc) is 2.45. The van der Waals surface area contributed by atoms with E-state index in [-0.39, 0.29) is 0 Å². The van der Waals surface area contributed by atoms with Crippen LogP contribution in [-0.4, -0.2) is 8.32 Å². The third kappa shape index (κ3) is 4.74. The summed E-state index contributed by atoms with van der Waals surface area (Å²) in [4.78, 5) is 0. The van der Waals surface area contributed by atoms with E-state index in [1.165, 1.54) is 48.8 Å². The van der Waals surface area contributed by atoms with Crippen LogP contribution in [0.2, 0.25) is 19.6 Å². The van der Waals surface area contributed by atoms with E-state index < -0.39 is 8.32 Å². The van der Waals surface area contributed by atoms with Crippen molar-refractivity contribution in [3.8, 4) is 0 Å². The van der Waals surface area contributed by atoms with Crippen LogP contribution < -0.4 is 0 Å². The second kappa shape index (κ2) is 6.82. The van der Waals surface area contributed by atoms with Gasteiger partial charge < -0.3 is 4.43 Å². The molecular formula is C19H30OSi. The average molecular weight is 303 g/mol. The highest BCUT2D eigenvalue weighted by atomic mass is 28.4. The molecule has 21 heavy (non-hydrogen) atoms. The summed E-state index contributed by atoms with van der Waals surface area (Å²) >= 11 is 0. The van der Waals surface area contributed by atoms with Crippen LogP contribution in [0.4, 0.5) is 0 Å². The molecule has 1 aliphatic carbocycles. The molecule has 0 atom stereocenters. The maximum Gasteiger partial charge on any atom is 0.242 e. The maximum absolute atomic E-state index is 6.29. The number of hydrogen-bond donors (Lipinski definition) is 0. The van der Waals surface area contributed by atoms with Crippen molar-refractivity contribution in [2.75, 3.05) is 0 Å². The molecule has 1 aromatic rings. The highest BCUT2D eigenvalue weighted by molar-refractivity contribution is 6.70. The van der Waals surface area contributed by atoms with E-state index in [1.54, 1.807) is 0 Å². The SMILES string of the molecule is CC(C)=C(O[Si](C)(C)C)c1ccc(C2CCCCC2)cc1. The van der Waals surface area contributed by atoms with Crippen molar-refractivity contribution in [3.05, 3.63) is 41.0 Å². The van der Waals surface area contributed by atoms with Gasteiger partial charge in [0.1, 0.15) is 5.76 Å². The quantitative estimate of drug-likeness (QED) is 0.466. The highest BCUT2D eigenvalue weighted by Gasteiger charge is 2.20. The summed E-state index contributed by atoms with van der Waals surface area (Å²) in [6.45, 7) is 11.0. The molecule has 0 radical (unpaired) electrons. The molecule has 116 valence electrons. The lowest BCUT2D eigenvalue weighted by Gasteiger charge is -2.25. The summed E-state index contributed by atoms with van der Waals surface area (Å²) in [5.41, 5.74) is 4.01. The van der Waals surface area contributed by atoms with Gasteiger partial charge in [0.25, 0.3) is 0 Å². The van der Waals surface area contributed by atoms with Gasteiger partial charge in [0.05, 0.1) is 0 Å². The van der Waals surface area contributed by atoms with Gasteiger partial charge in [-0.05, 0) is 63.4 Å². The van der Waals surface area contributed by atoms with Gasteiger partial charge >= 0.3 is 0 Å². The van der Waals surface area contributed by atoms with E-state index in [0.717, 1.165) is 11.7 Å². The Kier molecular flexibility index (Phi) is 5.31. The Labute approximate surface area is 131 Å². The zero-order valence-corrected chi connectivity index (χ0v) is 15.3. The minimum Gasteiger partial charge on any atom is -0.544 e. The first-order valence-corrected chi connectivity index (χ1v) is 11.7. The molecule has 0 aromatic heterocycles. The van der Waals surface area contributed by atoms with E-state index in [4.69, 9.17) is 4.43 Å². The van der Waals surface area contributed by atoms with Crippen LogP contribution in [0.15, 0.2) is 29.8 Å². The minimum atomic E-state index is -1.57. The third-order valence-corrected chi connectivity index (χ3v) is 4.93. The molecule has 1 nitrogen and oxygen atoms in total. The van der Waals surface area contributed by atoms with E-state index in [9.17, 15) is 0 Å². The number of benzene rings is 1. The lowest BCUT2D eigenvalue weighted by atomic mass is 9.84. The van der Waals surface area contributed by atoms with Crippen molar-refractivity contribution in [2.45, 2.75) is 71.5 Å². The van der Waals surface area contributed by atoms with Crippen LogP contribution in [0.1, 0.15) is 63.0 Å². The van der Waals surface area contributed by atoms with Crippen LogP contribution in [0.5, 0.6) is 0 Å². The predicted molar refractivity (Wildman–Crippen MR) is 95.0 cm³/mol. The lowest BCUT2D eigenvalue weighted by Crippen LogP contribution is -2.24. The van der Waals surface area contributed by atoms with Gasteiger partial charge in [-0.2, -0.15) is 0 Å². The molecular weight excluding hydrogens is 272 g/mol. The molecule has 0 bridgehead atoms. The Morgan fingerprint density at radius 2 is 1.52 bits per heavy atom. The van der Waals surface area contributed by atoms with Crippen molar-refractivity contribution >= 4 is 14.1 Å². The minimum absolute atomic E-state index is 0.779. The molecule has 0 spiro atoms. The number of hydrogen-bond acceptors (Lipinski definition) is 1. The normalized spacial score (nSPS) is 16.6. The molecule has 2 rings (SSSR count). The van der Waals surface area contributed by atoms with Crippen molar-refractivity contribution in [1.82, 2.24) is 0 Å². The van der Waals surface area contributed by atoms with Gasteiger partial charge in [-0.1, -0.05) is 43.5 Å². The predicted octanol–water partition coefficient (Wildman–Crippen LogP) is 6.34. The van der Waals surface area contributed by atoms with Crippen LogP contribution in [0, 0.1) is 0 Å². The molecule has 0 amide bonds. The Balaban J connectivity index is 2.18. The second-order valence-corrected chi connectivity index (χ2v) is 11.9. The van der Waals surface area contributed by atoms with Crippen LogP contribution >= 0.6 is 0 Å². The Morgan fingerprint density at radius 3 is 2.00 bits per heavy atom. The molecule has 2 heteroatoms. The van der Waals surface area contributed by atoms with Gasteiger partial charge in [0.15, 0.2) is 0 Å². The zero-order chi connectivity index (χ0) is 15.5. The van der Waals surface area contributed by atoms with Gasteiger partial charge in [0.2, 0.25) is 8.32 Å². The van der Waals surface area contributed by atoms with Crippen LogP contribution in [0.25, 0.3) is 5.76 Å². The summed E-state index contributed by atoms with van der Waals surface area (Å²) in [5, 5.41) is 0. The van der Waals surface area contributed by atoms with Crippen LogP contribution in [-0.2, 0) is 4.43 Å². The van der Waals surface area contributed by atoms with E-state index in [1.807, 2.05) is 0 Å². The summed E-state index contributed by atoms with van der Waals surface area (Å²) in [6, 6.07) is 9.16. The number of rotatable bonds is 4. The lowest BCUT2D eigenvalue weighted by molar-refractivity contribution is 0.443. The fourth-order valence-electron chi connectivity index (χ4n) is 3.10. The molecule has 0 heterocycles. The third-order valence-electron chi connectivity index (χ3n) is 4.11. The smallest absolute Gasteiger partial charge is 0.242 e. The van der Waals surface area contributed by atoms with E-state index >= 15 is 0 Å². The molecule has 0 saturated heterocycles. The Bertz CT molecular complexity index is 483. The van der Waals surface area contributed by atoms with Crippen molar-refractivity contribution in [3.63, 3.8) is 0 Å². The molecule has 1 fully saturated rings. The Morgan fingerprint density at radius 1 is 0.952 bits per heavy atom. The Hall–Kier alpha value is -1.02. The van der Waals surface area contributed by atoms with Gasteiger partial charge in [-0.3, -0.25) is 0 Å². The van der Waals surface area contributed by atoms with Gasteiger partial charge in [0, 0.05) is 5.56 Å². The fraction of sp³-hybridized carbons (Fsp3) is 0.579. The zero-order valence-electron chi connectivity index (χ0n) is 14.3. The van der Waals surface area contributed by atoms with Gasteiger partial charge in [-0.25, -0.2) is 0 Å². The van der Waals surface area contributed by atoms with E-state index in [2.05, 4.69) is 57.8 Å². The summed E-state index contributed by atoms with van der Waals surface area (Å²) in [7, 11) is -1.57. The first kappa shape index (κ1) is 16.3. The molecule has 0 N–H and O–H groups in total. The molecule has 1 aromatic carbocycles. The van der Waals surface area contributed by atoms with Gasteiger partial charge in [-0.15, -0.1) is 0 Å². The van der Waals surface area contributed by atoms with Crippen molar-refractivity contribution in [1.29, 1.82) is 0 Å². The molecule has 1 aliphatic rings. The molecule has 1 saturated carbocycles. The van der Waals surface area contributed by atoms with Crippen molar-refractivity contribution < 1.29 is 4.43 Å². The summed E-state index contributed by atoms with van der Waals surface area (Å²) in [6.07, 6.45) is 6.93. The second-order valence-electron chi connectivity index (χ2n) is 7.50. The number of allylic oxidation sites excluding steroid dienone is 1. The topological polar surface area (TPSA) is 9.23 Å². The standard InChI is InChI=1S/C19H30OSi/c1-15(2)19(20-21(3,4)5)18-13-11-17(12-14-18)16-9-7-6-8-10-16/h11-14,16H,6-10H2,1-5H3. The maximum atomic E-state index is 6.29. The highest BCUT2D eigenvalue weighted by Crippen LogP contribution is 2.33. The van der Waals surface area contributed by atoms with Crippen molar-refractivity contribution in [2.24, 2.45) is 0 Å². The van der Waals surface area contributed by atoms with Crippen LogP contribution in [0.3, 0.4) is 0 Å². The first-order chi connectivity index (χ1) is 9.87. The monoisotopic (exact) mass is 302 g/mol. The molecule has 0 aliphatic heterocycles. The largest absolute Gasteiger partial charge is 0.544 e. The summed E-state index contributed by atoms with van der Waals surface area (Å²) < 4.78 is 6.29. The fourth-order valence-corrected chi connectivity index (χ4v) is 4.03. The summed E-state index contributed by atoms with van der Waals surface area (Å²) in [5.74, 6) is 1.87. The first-order valence-electron chi connectivity index (χ1n) is 8.33. The molecule has 0 unspecified atom stereocenters.